The zero-order valence-electron chi connectivity index (χ0n) is 16.2. The summed E-state index contributed by atoms with van der Waals surface area (Å²) in [5, 5.41) is 15.9. The molecule has 0 saturated carbocycles. The van der Waals surface area contributed by atoms with Gasteiger partial charge in [-0.2, -0.15) is 0 Å². The fourth-order valence-corrected chi connectivity index (χ4v) is 3.19. The Morgan fingerprint density at radius 2 is 1.77 bits per heavy atom. The first kappa shape index (κ1) is 20.6. The van der Waals surface area contributed by atoms with E-state index in [1.807, 2.05) is 0 Å². The summed E-state index contributed by atoms with van der Waals surface area (Å²) in [6.45, 7) is 2.26. The number of benzene rings is 2. The van der Waals surface area contributed by atoms with E-state index in [2.05, 4.69) is 10.6 Å². The first-order chi connectivity index (χ1) is 14.1. The number of imide groups is 1. The van der Waals surface area contributed by atoms with Crippen LogP contribution in [0.5, 0.6) is 0 Å². The van der Waals surface area contributed by atoms with Crippen LogP contribution in [0.25, 0.3) is 0 Å². The Kier molecular flexibility index (Phi) is 5.33. The van der Waals surface area contributed by atoms with Crippen LogP contribution in [0.4, 0.5) is 16.2 Å². The Morgan fingerprint density at radius 3 is 2.37 bits per heavy atom. The molecule has 10 heteroatoms. The topological polar surface area (TPSA) is 139 Å². The van der Waals surface area contributed by atoms with Crippen molar-refractivity contribution >= 4 is 35.0 Å². The van der Waals surface area contributed by atoms with Crippen LogP contribution in [0.15, 0.2) is 48.5 Å². The molecule has 3 rings (SSSR count). The number of ketones is 1. The van der Waals surface area contributed by atoms with Crippen LogP contribution in [0, 0.1) is 10.1 Å². The minimum atomic E-state index is -1.47. The van der Waals surface area contributed by atoms with Crippen LogP contribution in [0.1, 0.15) is 29.8 Å². The van der Waals surface area contributed by atoms with Crippen molar-refractivity contribution in [1.82, 2.24) is 10.2 Å². The summed E-state index contributed by atoms with van der Waals surface area (Å²) in [4.78, 5) is 60.4. The molecule has 1 atom stereocenters. The zero-order valence-corrected chi connectivity index (χ0v) is 16.2. The van der Waals surface area contributed by atoms with Gasteiger partial charge in [-0.05, 0) is 43.7 Å². The molecular weight excluding hydrogens is 392 g/mol. The van der Waals surface area contributed by atoms with E-state index in [9.17, 15) is 29.3 Å². The van der Waals surface area contributed by atoms with Crippen LogP contribution in [-0.4, -0.2) is 40.0 Å². The number of carbonyl (C=O) groups is 4. The third kappa shape index (κ3) is 3.75. The maximum absolute atomic E-state index is 12.9. The highest BCUT2D eigenvalue weighted by molar-refractivity contribution is 6.11. The molecule has 0 aromatic heterocycles. The van der Waals surface area contributed by atoms with E-state index in [0.717, 1.165) is 4.90 Å². The van der Waals surface area contributed by atoms with Crippen molar-refractivity contribution in [3.8, 4) is 0 Å². The molecule has 10 nitrogen and oxygen atoms in total. The first-order valence-corrected chi connectivity index (χ1v) is 8.92. The van der Waals surface area contributed by atoms with Crippen LogP contribution in [0.2, 0.25) is 0 Å². The summed E-state index contributed by atoms with van der Waals surface area (Å²) in [5.41, 5.74) is -0.696. The van der Waals surface area contributed by atoms with Gasteiger partial charge < -0.3 is 10.6 Å². The predicted molar refractivity (Wildman–Crippen MR) is 106 cm³/mol. The Balaban J connectivity index is 1.77. The number of nitro groups is 1. The number of carbonyl (C=O) groups excluding carboxylic acids is 4. The van der Waals surface area contributed by atoms with Gasteiger partial charge in [0.1, 0.15) is 12.1 Å². The second kappa shape index (κ2) is 7.74. The van der Waals surface area contributed by atoms with E-state index in [4.69, 9.17) is 0 Å². The van der Waals surface area contributed by atoms with Crippen LogP contribution >= 0.6 is 0 Å². The summed E-state index contributed by atoms with van der Waals surface area (Å²) < 4.78 is 0. The molecule has 1 heterocycles. The molecule has 0 spiro atoms. The third-order valence-corrected chi connectivity index (χ3v) is 4.81. The second-order valence-electron chi connectivity index (χ2n) is 6.90. The SMILES string of the molecule is CC(=O)c1ccccc1NC(=O)CN1C(=O)N[C@@](C)(c2ccc([N+](=O)[O-])cc2)C1=O. The van der Waals surface area contributed by atoms with E-state index in [0.29, 0.717) is 11.1 Å². The van der Waals surface area contributed by atoms with Crippen LogP contribution in [0.3, 0.4) is 0 Å². The molecule has 1 aliphatic heterocycles. The minimum Gasteiger partial charge on any atom is -0.324 e. The normalized spacial score (nSPS) is 18.1. The number of rotatable bonds is 6. The van der Waals surface area contributed by atoms with Gasteiger partial charge in [-0.3, -0.25) is 29.4 Å². The van der Waals surface area contributed by atoms with Crippen molar-refractivity contribution in [2.75, 3.05) is 11.9 Å². The Morgan fingerprint density at radius 1 is 1.13 bits per heavy atom. The molecule has 1 aliphatic rings. The summed E-state index contributed by atoms with van der Waals surface area (Å²) in [6, 6.07) is 10.8. The molecule has 2 aromatic carbocycles. The molecule has 0 radical (unpaired) electrons. The lowest BCUT2D eigenvalue weighted by Crippen LogP contribution is -2.42. The standard InChI is InChI=1S/C20H18N4O6/c1-12(25)15-5-3-4-6-16(15)21-17(26)11-23-18(27)20(2,22-19(23)28)13-7-9-14(10-8-13)24(29)30/h3-10H,11H2,1-2H3,(H,21,26)(H,22,28)/t20-/m0/s1. The monoisotopic (exact) mass is 410 g/mol. The van der Waals surface area contributed by atoms with Crippen molar-refractivity contribution in [3.05, 3.63) is 69.8 Å². The minimum absolute atomic E-state index is 0.153. The average Bonchev–Trinajstić information content (AvgIpc) is 2.92. The van der Waals surface area contributed by atoms with E-state index in [-0.39, 0.29) is 17.2 Å². The number of hydrogen-bond acceptors (Lipinski definition) is 6. The van der Waals surface area contributed by atoms with Gasteiger partial charge in [0, 0.05) is 17.7 Å². The van der Waals surface area contributed by atoms with Gasteiger partial charge in [0.2, 0.25) is 5.91 Å². The number of non-ortho nitro benzene ring substituents is 1. The molecule has 0 aliphatic carbocycles. The number of anilines is 1. The van der Waals surface area contributed by atoms with Crippen LogP contribution < -0.4 is 10.6 Å². The highest BCUT2D eigenvalue weighted by atomic mass is 16.6. The van der Waals surface area contributed by atoms with Crippen molar-refractivity contribution in [3.63, 3.8) is 0 Å². The zero-order chi connectivity index (χ0) is 22.1. The molecule has 4 amide bonds. The molecule has 30 heavy (non-hydrogen) atoms. The van der Waals surface area contributed by atoms with Crippen molar-refractivity contribution in [1.29, 1.82) is 0 Å². The van der Waals surface area contributed by atoms with E-state index in [1.165, 1.54) is 38.1 Å². The Hall–Kier alpha value is -4.08. The lowest BCUT2D eigenvalue weighted by Gasteiger charge is -2.22. The van der Waals surface area contributed by atoms with Gasteiger partial charge in [0.25, 0.3) is 11.6 Å². The van der Waals surface area contributed by atoms with Crippen molar-refractivity contribution in [2.45, 2.75) is 19.4 Å². The summed E-state index contributed by atoms with van der Waals surface area (Å²) >= 11 is 0. The highest BCUT2D eigenvalue weighted by Crippen LogP contribution is 2.30. The van der Waals surface area contributed by atoms with Gasteiger partial charge >= 0.3 is 6.03 Å². The maximum Gasteiger partial charge on any atom is 0.325 e. The highest BCUT2D eigenvalue weighted by Gasteiger charge is 2.49. The van der Waals surface area contributed by atoms with Crippen molar-refractivity contribution < 1.29 is 24.1 Å². The smallest absolute Gasteiger partial charge is 0.324 e. The number of nitro benzene ring substituents is 1. The summed E-state index contributed by atoms with van der Waals surface area (Å²) in [6.07, 6.45) is 0. The number of amides is 4. The van der Waals surface area contributed by atoms with Gasteiger partial charge in [0.15, 0.2) is 5.78 Å². The van der Waals surface area contributed by atoms with Gasteiger partial charge in [-0.1, -0.05) is 12.1 Å². The number of hydrogen-bond donors (Lipinski definition) is 2. The quantitative estimate of drug-likeness (QED) is 0.324. The predicted octanol–water partition coefficient (Wildman–Crippen LogP) is 2.20. The number of para-hydroxylation sites is 1. The molecule has 1 saturated heterocycles. The van der Waals surface area contributed by atoms with Gasteiger partial charge in [-0.25, -0.2) is 4.79 Å². The molecule has 2 N–H and O–H groups in total. The lowest BCUT2D eigenvalue weighted by molar-refractivity contribution is -0.384. The second-order valence-corrected chi connectivity index (χ2v) is 6.90. The van der Waals surface area contributed by atoms with Crippen molar-refractivity contribution in [2.24, 2.45) is 0 Å². The average molecular weight is 410 g/mol. The fraction of sp³-hybridized carbons (Fsp3) is 0.200. The molecular formula is C20H18N4O6. The molecule has 154 valence electrons. The molecule has 2 aromatic rings. The summed E-state index contributed by atoms with van der Waals surface area (Å²) in [7, 11) is 0. The first-order valence-electron chi connectivity index (χ1n) is 8.92. The largest absolute Gasteiger partial charge is 0.325 e. The Bertz CT molecular complexity index is 1070. The molecule has 0 unspecified atom stereocenters. The van der Waals surface area contributed by atoms with Gasteiger partial charge in [0.05, 0.1) is 10.6 Å². The number of Topliss-reactive ketones (excluding diaryl/α,β-unsaturated/α-hetero) is 1. The Labute approximate surface area is 171 Å². The number of nitrogens with zero attached hydrogens (tertiary/aromatic N) is 2. The van der Waals surface area contributed by atoms with Crippen LogP contribution in [-0.2, 0) is 15.1 Å². The maximum atomic E-state index is 12.9. The number of urea groups is 1. The summed E-state index contributed by atoms with van der Waals surface area (Å²) in [5.74, 6) is -1.57. The molecule has 0 bridgehead atoms. The molecule has 1 fully saturated rings. The van der Waals surface area contributed by atoms with E-state index >= 15 is 0 Å². The lowest BCUT2D eigenvalue weighted by atomic mass is 9.92. The van der Waals surface area contributed by atoms with E-state index < -0.39 is 34.9 Å². The number of nitrogens with one attached hydrogen (secondary N) is 2. The van der Waals surface area contributed by atoms with E-state index in [1.54, 1.807) is 24.3 Å². The third-order valence-electron chi connectivity index (χ3n) is 4.81. The van der Waals surface area contributed by atoms with Gasteiger partial charge in [-0.15, -0.1) is 0 Å². The fourth-order valence-electron chi connectivity index (χ4n) is 3.19.